The number of fused-ring (bicyclic) bond motifs is 1. The van der Waals surface area contributed by atoms with Crippen LogP contribution in [0.4, 0.5) is 5.69 Å². The summed E-state index contributed by atoms with van der Waals surface area (Å²) >= 11 is 1.49. The molecule has 1 atom stereocenters. The molecule has 5 N–H and O–H groups in total. The number of nitrogens with zero attached hydrogens (tertiary/aromatic N) is 1. The molecule has 3 aromatic rings. The molecule has 1 fully saturated rings. The lowest BCUT2D eigenvalue weighted by atomic mass is 10.1. The smallest absolute Gasteiger partial charge is 0.267 e. The highest BCUT2D eigenvalue weighted by Crippen LogP contribution is 2.29. The molecule has 1 unspecified atom stereocenters. The topological polar surface area (TPSA) is 99.5 Å². The van der Waals surface area contributed by atoms with Crippen molar-refractivity contribution in [2.24, 2.45) is 5.73 Å². The maximum Gasteiger partial charge on any atom is 0.267 e. The molecule has 3 aromatic carbocycles. The summed E-state index contributed by atoms with van der Waals surface area (Å²) in [7, 11) is 1.77. The molecule has 0 bridgehead atoms. The van der Waals surface area contributed by atoms with Gasteiger partial charge in [0.25, 0.3) is 5.91 Å². The highest BCUT2D eigenvalue weighted by atomic mass is 32.2. The van der Waals surface area contributed by atoms with E-state index in [0.29, 0.717) is 5.70 Å². The Balaban J connectivity index is 0.000000179. The van der Waals surface area contributed by atoms with Gasteiger partial charge in [-0.1, -0.05) is 66.4 Å². The van der Waals surface area contributed by atoms with Gasteiger partial charge in [-0.15, -0.1) is 0 Å². The van der Waals surface area contributed by atoms with E-state index in [2.05, 4.69) is 45.1 Å². The zero-order valence-electron chi connectivity index (χ0n) is 19.8. The first-order chi connectivity index (χ1) is 17.1. The predicted molar refractivity (Wildman–Crippen MR) is 144 cm³/mol. The standard InChI is InChI=1S/C15H16N4OS.C12H15NO/c1-17-14-12(13(16)20)19-15(21-14)18-11-7-6-9-4-2-3-5-10(9)8-11;14-10-12-5-3-11(4-6-12)9-13-7-1-2-8-13/h2-8,15,17-19H,1H3,(H2,16,20);3-6,10H,1-2,7-9H2. The summed E-state index contributed by atoms with van der Waals surface area (Å²) in [6.45, 7) is 3.46. The predicted octanol–water partition coefficient (Wildman–Crippen LogP) is 3.84. The number of hydrogen-bond donors (Lipinski definition) is 4. The van der Waals surface area contributed by atoms with Crippen molar-refractivity contribution in [2.75, 3.05) is 25.5 Å². The van der Waals surface area contributed by atoms with Crippen LogP contribution in [0.15, 0.2) is 77.5 Å². The SMILES string of the molecule is CNC1=C(C(N)=O)NC(Nc2ccc3ccccc3c2)S1.O=Cc1ccc(CN2CCCC2)cc1. The van der Waals surface area contributed by atoms with Crippen LogP contribution in [0.25, 0.3) is 10.8 Å². The number of benzene rings is 3. The minimum Gasteiger partial charge on any atom is -0.381 e. The fourth-order valence-corrected chi connectivity index (χ4v) is 5.17. The Kier molecular flexibility index (Phi) is 8.28. The number of anilines is 1. The average molecular weight is 490 g/mol. The number of thioether (sulfide) groups is 1. The lowest BCUT2D eigenvalue weighted by molar-refractivity contribution is -0.114. The molecule has 0 radical (unpaired) electrons. The molecule has 182 valence electrons. The van der Waals surface area contributed by atoms with Gasteiger partial charge in [-0.05, 0) is 54.4 Å². The van der Waals surface area contributed by atoms with Crippen molar-refractivity contribution >= 4 is 40.4 Å². The van der Waals surface area contributed by atoms with Crippen molar-refractivity contribution in [1.82, 2.24) is 15.5 Å². The van der Waals surface area contributed by atoms with Crippen LogP contribution in [-0.4, -0.2) is 42.7 Å². The number of rotatable bonds is 7. The van der Waals surface area contributed by atoms with E-state index in [-0.39, 0.29) is 5.50 Å². The molecule has 7 nitrogen and oxygen atoms in total. The molecule has 2 aliphatic heterocycles. The van der Waals surface area contributed by atoms with Crippen molar-refractivity contribution in [3.63, 3.8) is 0 Å². The van der Waals surface area contributed by atoms with Gasteiger partial charge in [-0.25, -0.2) is 0 Å². The number of primary amides is 1. The van der Waals surface area contributed by atoms with Gasteiger partial charge in [0.2, 0.25) is 0 Å². The Morgan fingerprint density at radius 2 is 1.80 bits per heavy atom. The van der Waals surface area contributed by atoms with Crippen molar-refractivity contribution in [3.8, 4) is 0 Å². The first kappa shape index (κ1) is 24.6. The third kappa shape index (κ3) is 6.55. The van der Waals surface area contributed by atoms with Crippen molar-refractivity contribution < 1.29 is 9.59 Å². The second kappa shape index (κ2) is 11.8. The second-order valence-corrected chi connectivity index (χ2v) is 9.62. The monoisotopic (exact) mass is 489 g/mol. The Morgan fingerprint density at radius 3 is 2.43 bits per heavy atom. The van der Waals surface area contributed by atoms with E-state index >= 15 is 0 Å². The molecule has 8 heteroatoms. The summed E-state index contributed by atoms with van der Waals surface area (Å²) in [5.41, 5.74) is 8.69. The van der Waals surface area contributed by atoms with E-state index in [1.54, 1.807) is 7.05 Å². The van der Waals surface area contributed by atoms with Gasteiger partial charge in [0.15, 0.2) is 5.50 Å². The molecular formula is C27H31N5O2S. The molecule has 35 heavy (non-hydrogen) atoms. The minimum atomic E-state index is -0.463. The van der Waals surface area contributed by atoms with Crippen LogP contribution in [0.3, 0.4) is 0 Å². The summed E-state index contributed by atoms with van der Waals surface area (Å²) in [5.74, 6) is -0.463. The summed E-state index contributed by atoms with van der Waals surface area (Å²) in [5, 5.41) is 12.5. The van der Waals surface area contributed by atoms with Gasteiger partial charge in [0, 0.05) is 24.8 Å². The molecule has 2 heterocycles. The number of amides is 1. The summed E-state index contributed by atoms with van der Waals surface area (Å²) in [6, 6.07) is 22.2. The molecule has 0 spiro atoms. The molecule has 0 aliphatic carbocycles. The molecule has 2 aliphatic rings. The number of carbonyl (C=O) groups excluding carboxylic acids is 2. The zero-order valence-corrected chi connectivity index (χ0v) is 20.6. The highest BCUT2D eigenvalue weighted by Gasteiger charge is 2.26. The van der Waals surface area contributed by atoms with E-state index in [1.807, 2.05) is 42.5 Å². The average Bonchev–Trinajstić information content (AvgIpc) is 3.55. The molecular weight excluding hydrogens is 458 g/mol. The fourth-order valence-electron chi connectivity index (χ4n) is 4.17. The number of likely N-dealkylation sites (tertiary alicyclic amines) is 1. The molecule has 1 amide bonds. The first-order valence-corrected chi connectivity index (χ1v) is 12.6. The van der Waals surface area contributed by atoms with E-state index in [1.165, 1.54) is 54.0 Å². The fraction of sp³-hybridized carbons (Fsp3) is 0.259. The number of aldehydes is 1. The molecule has 1 saturated heterocycles. The zero-order chi connectivity index (χ0) is 24.6. The van der Waals surface area contributed by atoms with Crippen molar-refractivity contribution in [1.29, 1.82) is 0 Å². The maximum absolute atomic E-state index is 11.4. The van der Waals surface area contributed by atoms with Crippen LogP contribution < -0.4 is 21.7 Å². The van der Waals surface area contributed by atoms with Gasteiger partial charge in [-0.3, -0.25) is 14.5 Å². The minimum absolute atomic E-state index is 0.129. The normalized spacial score (nSPS) is 17.5. The van der Waals surface area contributed by atoms with Gasteiger partial charge < -0.3 is 21.7 Å². The molecule has 5 rings (SSSR count). The van der Waals surface area contributed by atoms with E-state index in [9.17, 15) is 9.59 Å². The Labute approximate surface area is 210 Å². The summed E-state index contributed by atoms with van der Waals surface area (Å²) < 4.78 is 0. The maximum atomic E-state index is 11.4. The second-order valence-electron chi connectivity index (χ2n) is 8.51. The lowest BCUT2D eigenvalue weighted by Gasteiger charge is -2.15. The Bertz CT molecular complexity index is 1210. The van der Waals surface area contributed by atoms with Crippen LogP contribution in [-0.2, 0) is 11.3 Å². The van der Waals surface area contributed by atoms with E-state index < -0.39 is 5.91 Å². The van der Waals surface area contributed by atoms with Gasteiger partial charge in [0.1, 0.15) is 17.0 Å². The third-order valence-corrected chi connectivity index (χ3v) is 7.09. The van der Waals surface area contributed by atoms with Crippen LogP contribution in [0.5, 0.6) is 0 Å². The first-order valence-electron chi connectivity index (χ1n) is 11.7. The van der Waals surface area contributed by atoms with E-state index in [4.69, 9.17) is 5.73 Å². The quantitative estimate of drug-likeness (QED) is 0.374. The van der Waals surface area contributed by atoms with Gasteiger partial charge >= 0.3 is 0 Å². The highest BCUT2D eigenvalue weighted by molar-refractivity contribution is 8.04. The molecule has 0 saturated carbocycles. The van der Waals surface area contributed by atoms with Gasteiger partial charge in [0.05, 0.1) is 0 Å². The summed E-state index contributed by atoms with van der Waals surface area (Å²) in [6.07, 6.45) is 3.54. The van der Waals surface area contributed by atoms with Crippen LogP contribution in [0, 0.1) is 0 Å². The van der Waals surface area contributed by atoms with Crippen LogP contribution in [0.2, 0.25) is 0 Å². The van der Waals surface area contributed by atoms with Crippen molar-refractivity contribution in [2.45, 2.75) is 24.9 Å². The third-order valence-electron chi connectivity index (χ3n) is 5.98. The Morgan fingerprint density at radius 1 is 1.09 bits per heavy atom. The van der Waals surface area contributed by atoms with Gasteiger partial charge in [-0.2, -0.15) is 0 Å². The lowest BCUT2D eigenvalue weighted by Crippen LogP contribution is -2.33. The number of carbonyl (C=O) groups is 2. The van der Waals surface area contributed by atoms with E-state index in [0.717, 1.165) is 29.1 Å². The largest absolute Gasteiger partial charge is 0.381 e. The summed E-state index contributed by atoms with van der Waals surface area (Å²) in [4.78, 5) is 24.3. The van der Waals surface area contributed by atoms with Crippen LogP contribution in [0.1, 0.15) is 28.8 Å². The Hall–Kier alpha value is -3.49. The number of hydrogen-bond acceptors (Lipinski definition) is 7. The van der Waals surface area contributed by atoms with Crippen molar-refractivity contribution in [3.05, 3.63) is 88.6 Å². The number of nitrogens with two attached hydrogens (primary N) is 1. The van der Waals surface area contributed by atoms with Crippen LogP contribution >= 0.6 is 11.8 Å². The molecule has 0 aromatic heterocycles. The number of nitrogens with one attached hydrogen (secondary N) is 3.